The Balaban J connectivity index is 1.99. The van der Waals surface area contributed by atoms with E-state index in [4.69, 9.17) is 23.2 Å². The fourth-order valence-corrected chi connectivity index (χ4v) is 3.17. The minimum absolute atomic E-state index is 0.114. The predicted molar refractivity (Wildman–Crippen MR) is 89.7 cm³/mol. The van der Waals surface area contributed by atoms with Gasteiger partial charge in [-0.3, -0.25) is 10.1 Å². The summed E-state index contributed by atoms with van der Waals surface area (Å²) in [6.45, 7) is 0. The molecule has 0 radical (unpaired) electrons. The minimum atomic E-state index is -0.500. The smallest absolute Gasteiger partial charge is 0.258 e. The molecule has 110 valence electrons. The largest absolute Gasteiger partial charge is 0.288 e. The lowest BCUT2D eigenvalue weighted by Crippen LogP contribution is -1.89. The number of benzene rings is 2. The van der Waals surface area contributed by atoms with Gasteiger partial charge in [-0.1, -0.05) is 35.3 Å². The van der Waals surface area contributed by atoms with E-state index in [2.05, 4.69) is 4.98 Å². The van der Waals surface area contributed by atoms with E-state index in [9.17, 15) is 10.1 Å². The number of halogens is 2. The van der Waals surface area contributed by atoms with Gasteiger partial charge in [0.25, 0.3) is 5.69 Å². The van der Waals surface area contributed by atoms with Crippen molar-refractivity contribution in [1.29, 1.82) is 0 Å². The van der Waals surface area contributed by atoms with Gasteiger partial charge < -0.3 is 0 Å². The number of nitro benzene ring substituents is 1. The average molecular weight is 351 g/mol. The van der Waals surface area contributed by atoms with Crippen molar-refractivity contribution < 1.29 is 4.92 Å². The SMILES string of the molecule is O=[N+]([O-])c1cc(-c2ncc(-c3ccc(Cl)cc3)s2)ccc1Cl. The Kier molecular flexibility index (Phi) is 4.11. The van der Waals surface area contributed by atoms with Gasteiger partial charge in [-0.05, 0) is 29.8 Å². The van der Waals surface area contributed by atoms with E-state index < -0.39 is 4.92 Å². The standard InChI is InChI=1S/C15H8Cl2N2O2S/c16-11-4-1-9(2-5-11)14-8-18-15(22-14)10-3-6-12(17)13(7-10)19(20)21/h1-8H. The second kappa shape index (κ2) is 6.04. The molecule has 3 aromatic rings. The van der Waals surface area contributed by atoms with Crippen molar-refractivity contribution in [3.63, 3.8) is 0 Å². The molecule has 0 atom stereocenters. The second-order valence-corrected chi connectivity index (χ2v) is 6.33. The Bertz CT molecular complexity index is 847. The van der Waals surface area contributed by atoms with Crippen LogP contribution in [0.4, 0.5) is 5.69 Å². The molecule has 0 amide bonds. The number of aromatic nitrogens is 1. The third-order valence-electron chi connectivity index (χ3n) is 3.02. The molecule has 0 fully saturated rings. The minimum Gasteiger partial charge on any atom is -0.258 e. The van der Waals surface area contributed by atoms with Gasteiger partial charge in [0.15, 0.2) is 0 Å². The summed E-state index contributed by atoms with van der Waals surface area (Å²) in [5.41, 5.74) is 1.54. The van der Waals surface area contributed by atoms with E-state index >= 15 is 0 Å². The van der Waals surface area contributed by atoms with E-state index in [-0.39, 0.29) is 10.7 Å². The molecular formula is C15H8Cl2N2O2S. The first-order valence-corrected chi connectivity index (χ1v) is 7.78. The number of hydrogen-bond donors (Lipinski definition) is 0. The summed E-state index contributed by atoms with van der Waals surface area (Å²) in [7, 11) is 0. The number of hydrogen-bond acceptors (Lipinski definition) is 4. The third kappa shape index (κ3) is 2.97. The van der Waals surface area contributed by atoms with Crippen LogP contribution in [0.2, 0.25) is 10.0 Å². The molecule has 0 aliphatic rings. The molecule has 0 saturated carbocycles. The molecule has 1 heterocycles. The van der Waals surface area contributed by atoms with Gasteiger partial charge in [0, 0.05) is 22.8 Å². The van der Waals surface area contributed by atoms with Crippen molar-refractivity contribution in [3.05, 3.63) is 68.8 Å². The summed E-state index contributed by atoms with van der Waals surface area (Å²) in [6.07, 6.45) is 1.74. The highest BCUT2D eigenvalue weighted by Crippen LogP contribution is 2.35. The van der Waals surface area contributed by atoms with Gasteiger partial charge in [-0.2, -0.15) is 0 Å². The predicted octanol–water partition coefficient (Wildman–Crippen LogP) is 5.69. The van der Waals surface area contributed by atoms with Crippen LogP contribution < -0.4 is 0 Å². The Hall–Kier alpha value is -1.95. The quantitative estimate of drug-likeness (QED) is 0.450. The van der Waals surface area contributed by atoms with E-state index in [0.29, 0.717) is 15.6 Å². The van der Waals surface area contributed by atoms with Gasteiger partial charge in [0.05, 0.1) is 9.80 Å². The van der Waals surface area contributed by atoms with Crippen molar-refractivity contribution in [2.45, 2.75) is 0 Å². The van der Waals surface area contributed by atoms with E-state index in [1.807, 2.05) is 24.3 Å². The number of nitrogens with zero attached hydrogens (tertiary/aromatic N) is 2. The molecule has 3 rings (SSSR count). The first-order valence-electron chi connectivity index (χ1n) is 6.20. The molecule has 0 aliphatic heterocycles. The lowest BCUT2D eigenvalue weighted by atomic mass is 10.2. The fraction of sp³-hybridized carbons (Fsp3) is 0. The summed E-state index contributed by atoms with van der Waals surface area (Å²) < 4.78 is 0. The van der Waals surface area contributed by atoms with Crippen LogP contribution in [0.15, 0.2) is 48.7 Å². The molecule has 0 N–H and O–H groups in total. The summed E-state index contributed by atoms with van der Waals surface area (Å²) in [6, 6.07) is 12.1. The van der Waals surface area contributed by atoms with Crippen molar-refractivity contribution in [1.82, 2.24) is 4.98 Å². The summed E-state index contributed by atoms with van der Waals surface area (Å²) >= 11 is 13.1. The van der Waals surface area contributed by atoms with Crippen LogP contribution in [0, 0.1) is 10.1 Å². The Labute approximate surface area is 140 Å². The first-order chi connectivity index (χ1) is 10.5. The zero-order valence-electron chi connectivity index (χ0n) is 11.0. The summed E-state index contributed by atoms with van der Waals surface area (Å²) in [5, 5.41) is 12.4. The van der Waals surface area contributed by atoms with Crippen LogP contribution in [0.1, 0.15) is 0 Å². The number of nitro groups is 1. The van der Waals surface area contributed by atoms with E-state index in [1.54, 1.807) is 12.3 Å². The maximum absolute atomic E-state index is 11.0. The highest BCUT2D eigenvalue weighted by Gasteiger charge is 2.15. The van der Waals surface area contributed by atoms with Crippen molar-refractivity contribution in [2.24, 2.45) is 0 Å². The van der Waals surface area contributed by atoms with Crippen LogP contribution in [-0.2, 0) is 0 Å². The molecule has 0 aliphatic carbocycles. The molecule has 2 aromatic carbocycles. The maximum Gasteiger partial charge on any atom is 0.288 e. The van der Waals surface area contributed by atoms with Crippen LogP contribution >= 0.6 is 34.5 Å². The zero-order valence-corrected chi connectivity index (χ0v) is 13.3. The number of rotatable bonds is 3. The van der Waals surface area contributed by atoms with Gasteiger partial charge in [-0.25, -0.2) is 4.98 Å². The van der Waals surface area contributed by atoms with Crippen molar-refractivity contribution in [3.8, 4) is 21.0 Å². The Morgan fingerprint density at radius 3 is 2.41 bits per heavy atom. The average Bonchev–Trinajstić information content (AvgIpc) is 2.98. The molecule has 0 saturated heterocycles. The number of thiazole rings is 1. The lowest BCUT2D eigenvalue weighted by molar-refractivity contribution is -0.384. The van der Waals surface area contributed by atoms with E-state index in [0.717, 1.165) is 10.4 Å². The Morgan fingerprint density at radius 1 is 1.05 bits per heavy atom. The summed E-state index contributed by atoms with van der Waals surface area (Å²) in [5.74, 6) is 0. The molecule has 4 nitrogen and oxygen atoms in total. The van der Waals surface area contributed by atoms with Crippen molar-refractivity contribution in [2.75, 3.05) is 0 Å². The maximum atomic E-state index is 11.0. The molecule has 0 unspecified atom stereocenters. The molecule has 22 heavy (non-hydrogen) atoms. The highest BCUT2D eigenvalue weighted by molar-refractivity contribution is 7.18. The van der Waals surface area contributed by atoms with Crippen LogP contribution in [0.5, 0.6) is 0 Å². The zero-order chi connectivity index (χ0) is 15.7. The molecule has 0 spiro atoms. The Morgan fingerprint density at radius 2 is 1.73 bits per heavy atom. The normalized spacial score (nSPS) is 10.6. The topological polar surface area (TPSA) is 56.0 Å². The second-order valence-electron chi connectivity index (χ2n) is 4.46. The van der Waals surface area contributed by atoms with Crippen molar-refractivity contribution >= 4 is 40.2 Å². The molecule has 7 heteroatoms. The van der Waals surface area contributed by atoms with Crippen LogP contribution in [0.25, 0.3) is 21.0 Å². The van der Waals surface area contributed by atoms with Crippen LogP contribution in [-0.4, -0.2) is 9.91 Å². The van der Waals surface area contributed by atoms with Gasteiger partial charge in [-0.15, -0.1) is 11.3 Å². The fourth-order valence-electron chi connectivity index (χ4n) is 1.94. The molecule has 1 aromatic heterocycles. The van der Waals surface area contributed by atoms with Gasteiger partial charge in [0.1, 0.15) is 10.0 Å². The van der Waals surface area contributed by atoms with Gasteiger partial charge >= 0.3 is 0 Å². The summed E-state index contributed by atoms with van der Waals surface area (Å²) in [4.78, 5) is 15.8. The third-order valence-corrected chi connectivity index (χ3v) is 4.69. The lowest BCUT2D eigenvalue weighted by Gasteiger charge is -1.99. The first kappa shape index (κ1) is 15.0. The molecule has 0 bridgehead atoms. The monoisotopic (exact) mass is 350 g/mol. The van der Waals surface area contributed by atoms with Gasteiger partial charge in [0.2, 0.25) is 0 Å². The highest BCUT2D eigenvalue weighted by atomic mass is 35.5. The molecular weight excluding hydrogens is 343 g/mol. The van der Waals surface area contributed by atoms with Crippen LogP contribution in [0.3, 0.4) is 0 Å². The van der Waals surface area contributed by atoms with E-state index in [1.165, 1.54) is 23.5 Å².